The molecule has 1 amide bonds. The van der Waals surface area contributed by atoms with Crippen LogP contribution in [0.25, 0.3) is 5.65 Å². The minimum absolute atomic E-state index is 0.235. The first-order chi connectivity index (χ1) is 14.1. The van der Waals surface area contributed by atoms with E-state index in [1.165, 1.54) is 6.20 Å². The summed E-state index contributed by atoms with van der Waals surface area (Å²) in [5, 5.41) is 13.0. The average molecular weight is 402 g/mol. The number of hydrogen-bond donors (Lipinski definition) is 4. The Morgan fingerprint density at radius 1 is 1.24 bits per heavy atom. The van der Waals surface area contributed by atoms with Gasteiger partial charge >= 0.3 is 0 Å². The van der Waals surface area contributed by atoms with Gasteiger partial charge in [0.2, 0.25) is 0 Å². The van der Waals surface area contributed by atoms with Crippen molar-refractivity contribution in [2.24, 2.45) is 0 Å². The maximum absolute atomic E-state index is 12.3. The van der Waals surface area contributed by atoms with Gasteiger partial charge in [-0.3, -0.25) is 9.59 Å². The molecular formula is C20H31N7O2. The molecule has 0 spiro atoms. The fourth-order valence-corrected chi connectivity index (χ4v) is 2.36. The van der Waals surface area contributed by atoms with Gasteiger partial charge in [-0.1, -0.05) is 34.6 Å². The van der Waals surface area contributed by atoms with Gasteiger partial charge in [-0.25, -0.2) is 4.98 Å². The first-order valence-electron chi connectivity index (χ1n) is 9.93. The Hall–Kier alpha value is -3.36. The van der Waals surface area contributed by atoms with Crippen LogP contribution in [0, 0.1) is 0 Å². The molecule has 0 aromatic carbocycles. The summed E-state index contributed by atoms with van der Waals surface area (Å²) >= 11 is 0. The summed E-state index contributed by atoms with van der Waals surface area (Å²) in [5.41, 5.74) is 0.869. The van der Waals surface area contributed by atoms with Gasteiger partial charge < -0.3 is 20.9 Å². The largest absolute Gasteiger partial charge is 0.373 e. The molecule has 3 heterocycles. The number of amides is 1. The number of aromatic nitrogens is 4. The maximum atomic E-state index is 12.3. The second kappa shape index (κ2) is 12.2. The van der Waals surface area contributed by atoms with Crippen LogP contribution in [0.3, 0.4) is 0 Å². The second-order valence-corrected chi connectivity index (χ2v) is 5.36. The molecule has 158 valence electrons. The number of nitrogens with one attached hydrogen (secondary N) is 4. The van der Waals surface area contributed by atoms with Crippen LogP contribution in [-0.4, -0.2) is 39.1 Å². The van der Waals surface area contributed by atoms with Gasteiger partial charge in [0.25, 0.3) is 11.5 Å². The Morgan fingerprint density at radius 3 is 2.59 bits per heavy atom. The van der Waals surface area contributed by atoms with Crippen molar-refractivity contribution in [3.8, 4) is 0 Å². The van der Waals surface area contributed by atoms with Crippen molar-refractivity contribution >= 4 is 28.9 Å². The number of carbonyl (C=O) groups is 1. The highest BCUT2D eigenvalue weighted by atomic mass is 16.1. The molecule has 0 aliphatic rings. The molecule has 0 aliphatic carbocycles. The van der Waals surface area contributed by atoms with Crippen LogP contribution < -0.4 is 21.5 Å². The third-order valence-electron chi connectivity index (χ3n) is 3.59. The van der Waals surface area contributed by atoms with E-state index in [4.69, 9.17) is 0 Å². The minimum Gasteiger partial charge on any atom is -0.373 e. The van der Waals surface area contributed by atoms with Crippen molar-refractivity contribution in [1.82, 2.24) is 24.9 Å². The van der Waals surface area contributed by atoms with Crippen molar-refractivity contribution < 1.29 is 4.79 Å². The molecular weight excluding hydrogens is 370 g/mol. The van der Waals surface area contributed by atoms with Crippen molar-refractivity contribution in [3.63, 3.8) is 0 Å². The predicted octanol–water partition coefficient (Wildman–Crippen LogP) is 3.40. The van der Waals surface area contributed by atoms with Crippen molar-refractivity contribution in [1.29, 1.82) is 0 Å². The molecule has 3 aromatic heterocycles. The molecule has 0 atom stereocenters. The van der Waals surface area contributed by atoms with Crippen molar-refractivity contribution in [2.75, 3.05) is 24.2 Å². The normalized spacial score (nSPS) is 9.59. The summed E-state index contributed by atoms with van der Waals surface area (Å²) in [7, 11) is 1.74. The fraction of sp³-hybridized carbons (Fsp3) is 0.400. The molecule has 0 bridgehead atoms. The molecule has 0 aliphatic heterocycles. The van der Waals surface area contributed by atoms with E-state index >= 15 is 0 Å². The van der Waals surface area contributed by atoms with Gasteiger partial charge in [-0.2, -0.15) is 9.61 Å². The first kappa shape index (κ1) is 23.7. The highest BCUT2D eigenvalue weighted by Crippen LogP contribution is 2.20. The minimum atomic E-state index is -0.260. The Labute approximate surface area is 171 Å². The molecule has 4 N–H and O–H groups in total. The lowest BCUT2D eigenvalue weighted by Gasteiger charge is -2.09. The Kier molecular flexibility index (Phi) is 9.94. The average Bonchev–Trinajstić information content (AvgIpc) is 3.20. The zero-order chi connectivity index (χ0) is 21.8. The maximum Gasteiger partial charge on any atom is 0.271 e. The number of carbonyl (C=O) groups excluding carboxylic acids is 1. The van der Waals surface area contributed by atoms with Crippen LogP contribution in [0.15, 0.2) is 35.4 Å². The van der Waals surface area contributed by atoms with E-state index in [2.05, 4.69) is 31.0 Å². The van der Waals surface area contributed by atoms with Gasteiger partial charge in [-0.15, -0.1) is 0 Å². The summed E-state index contributed by atoms with van der Waals surface area (Å²) in [6.07, 6.45) is 3.87. The van der Waals surface area contributed by atoms with E-state index in [1.54, 1.807) is 36.0 Å². The number of hydrogen-bond acceptors (Lipinski definition) is 6. The molecule has 0 fully saturated rings. The van der Waals surface area contributed by atoms with E-state index in [1.807, 2.05) is 34.6 Å². The summed E-state index contributed by atoms with van der Waals surface area (Å²) in [6.45, 7) is 10.6. The van der Waals surface area contributed by atoms with Crippen molar-refractivity contribution in [3.05, 3.63) is 46.5 Å². The lowest BCUT2D eigenvalue weighted by molar-refractivity contribution is 0.0955. The Bertz CT molecular complexity index is 963. The zero-order valence-corrected chi connectivity index (χ0v) is 18.0. The molecule has 9 nitrogen and oxygen atoms in total. The van der Waals surface area contributed by atoms with Crippen molar-refractivity contribution in [2.45, 2.75) is 41.0 Å². The van der Waals surface area contributed by atoms with Crippen LogP contribution in [0.4, 0.5) is 17.3 Å². The number of nitrogens with zero attached hydrogens (tertiary/aromatic N) is 3. The SMILES string of the molecule is CC.CC.CCCNC(=O)c1cnn2c(NC)cc(Nc3ccc[nH]c3=O)nc12. The highest BCUT2D eigenvalue weighted by molar-refractivity contribution is 6.00. The quantitative estimate of drug-likeness (QED) is 0.503. The lowest BCUT2D eigenvalue weighted by Crippen LogP contribution is -2.24. The van der Waals surface area contributed by atoms with Gasteiger partial charge in [0, 0.05) is 25.9 Å². The standard InChI is InChI=1S/C16H19N7O2.2C2H6/c1-3-6-18-15(24)10-9-20-23-13(17-2)8-12(22-14(10)23)21-11-5-4-7-19-16(11)25;2*1-2/h4-5,7-9,17H,3,6H2,1-2H3,(H,18,24)(H,19,25)(H,21,22);2*1-2H3. The number of H-pyrrole nitrogens is 1. The van der Waals surface area contributed by atoms with Crippen LogP contribution in [-0.2, 0) is 0 Å². The molecule has 3 aromatic rings. The van der Waals surface area contributed by atoms with Crippen LogP contribution in [0.5, 0.6) is 0 Å². The lowest BCUT2D eigenvalue weighted by atomic mass is 10.3. The van der Waals surface area contributed by atoms with E-state index < -0.39 is 0 Å². The van der Waals surface area contributed by atoms with E-state index in [9.17, 15) is 9.59 Å². The third kappa shape index (κ3) is 5.81. The number of rotatable bonds is 6. The number of anilines is 3. The van der Waals surface area contributed by atoms with Crippen LogP contribution in [0.1, 0.15) is 51.4 Å². The first-order valence-corrected chi connectivity index (χ1v) is 9.93. The Morgan fingerprint density at radius 2 is 1.97 bits per heavy atom. The topological polar surface area (TPSA) is 116 Å². The van der Waals surface area contributed by atoms with E-state index in [0.717, 1.165) is 6.42 Å². The zero-order valence-electron chi connectivity index (χ0n) is 18.0. The van der Waals surface area contributed by atoms with Gasteiger partial charge in [0.1, 0.15) is 22.9 Å². The summed E-state index contributed by atoms with van der Waals surface area (Å²) in [5.74, 6) is 0.828. The number of aromatic amines is 1. The molecule has 9 heteroatoms. The number of pyridine rings is 1. The Balaban J connectivity index is 0.000000989. The highest BCUT2D eigenvalue weighted by Gasteiger charge is 2.16. The summed E-state index contributed by atoms with van der Waals surface area (Å²) < 4.78 is 1.54. The smallest absolute Gasteiger partial charge is 0.271 e. The molecule has 0 radical (unpaired) electrons. The summed E-state index contributed by atoms with van der Waals surface area (Å²) in [4.78, 5) is 31.2. The van der Waals surface area contributed by atoms with Gasteiger partial charge in [0.05, 0.1) is 6.20 Å². The molecule has 0 saturated heterocycles. The molecule has 3 rings (SSSR count). The van der Waals surface area contributed by atoms with Crippen LogP contribution >= 0.6 is 0 Å². The monoisotopic (exact) mass is 401 g/mol. The fourth-order valence-electron chi connectivity index (χ4n) is 2.36. The molecule has 29 heavy (non-hydrogen) atoms. The molecule has 0 saturated carbocycles. The molecule has 0 unspecified atom stereocenters. The van der Waals surface area contributed by atoms with E-state index in [0.29, 0.717) is 35.1 Å². The second-order valence-electron chi connectivity index (χ2n) is 5.36. The van der Waals surface area contributed by atoms with Crippen LogP contribution in [0.2, 0.25) is 0 Å². The summed E-state index contributed by atoms with van der Waals surface area (Å²) in [6, 6.07) is 5.07. The van der Waals surface area contributed by atoms with Gasteiger partial charge in [0.15, 0.2) is 5.65 Å². The van der Waals surface area contributed by atoms with Gasteiger partial charge in [-0.05, 0) is 18.6 Å². The number of fused-ring (bicyclic) bond motifs is 1. The third-order valence-corrected chi connectivity index (χ3v) is 3.59. The predicted molar refractivity (Wildman–Crippen MR) is 118 cm³/mol. The van der Waals surface area contributed by atoms with E-state index in [-0.39, 0.29) is 11.5 Å².